The van der Waals surface area contributed by atoms with Crippen molar-refractivity contribution < 1.29 is 19.5 Å². The van der Waals surface area contributed by atoms with Crippen LogP contribution in [-0.2, 0) is 16.1 Å². The number of nitrogens with zero attached hydrogens (tertiary/aromatic N) is 1. The van der Waals surface area contributed by atoms with Crippen LogP contribution >= 0.6 is 0 Å². The number of aldehydes is 1. The van der Waals surface area contributed by atoms with Crippen LogP contribution in [0.5, 0.6) is 0 Å². The summed E-state index contributed by atoms with van der Waals surface area (Å²) >= 11 is 0. The lowest BCUT2D eigenvalue weighted by atomic mass is 10.1. The molecule has 0 saturated heterocycles. The van der Waals surface area contributed by atoms with Crippen LogP contribution in [0.4, 0.5) is 0 Å². The number of carboxylic acid groups (broad SMARTS) is 1. The Morgan fingerprint density at radius 3 is 2.85 bits per heavy atom. The van der Waals surface area contributed by atoms with Crippen LogP contribution in [0.3, 0.4) is 0 Å². The minimum Gasteiger partial charge on any atom is -0.480 e. The molecule has 2 N–H and O–H groups in total. The molecule has 1 atom stereocenters. The number of hydrogen-bond donors (Lipinski definition) is 2. The third-order valence-corrected chi connectivity index (χ3v) is 3.04. The molecule has 1 amide bonds. The van der Waals surface area contributed by atoms with Gasteiger partial charge in [0.05, 0.1) is 5.69 Å². The Morgan fingerprint density at radius 1 is 1.50 bits per heavy atom. The molecule has 1 rings (SSSR count). The maximum absolute atomic E-state index is 11.7. The molecule has 0 bridgehead atoms. The molecule has 110 valence electrons. The molecule has 6 heteroatoms. The zero-order valence-corrected chi connectivity index (χ0v) is 11.5. The van der Waals surface area contributed by atoms with Gasteiger partial charge in [-0.25, -0.2) is 4.79 Å². The summed E-state index contributed by atoms with van der Waals surface area (Å²) in [4.78, 5) is 33.5. The number of hydrogen-bond acceptors (Lipinski definition) is 3. The van der Waals surface area contributed by atoms with E-state index in [1.165, 1.54) is 0 Å². The second kappa shape index (κ2) is 8.14. The number of rotatable bonds is 9. The summed E-state index contributed by atoms with van der Waals surface area (Å²) in [6, 6.07) is 2.55. The van der Waals surface area contributed by atoms with Gasteiger partial charge in [0.1, 0.15) is 6.04 Å². The summed E-state index contributed by atoms with van der Waals surface area (Å²) in [5, 5.41) is 11.5. The molecule has 0 aliphatic carbocycles. The normalized spacial score (nSPS) is 11.8. The van der Waals surface area contributed by atoms with E-state index in [1.54, 1.807) is 22.9 Å². The largest absolute Gasteiger partial charge is 0.480 e. The predicted molar refractivity (Wildman–Crippen MR) is 73.5 cm³/mol. The highest BCUT2D eigenvalue weighted by atomic mass is 16.4. The zero-order valence-electron chi connectivity index (χ0n) is 11.5. The fourth-order valence-electron chi connectivity index (χ4n) is 1.89. The highest BCUT2D eigenvalue weighted by Crippen LogP contribution is 2.03. The van der Waals surface area contributed by atoms with Gasteiger partial charge in [-0.05, 0) is 18.6 Å². The van der Waals surface area contributed by atoms with Gasteiger partial charge in [-0.3, -0.25) is 9.59 Å². The van der Waals surface area contributed by atoms with Gasteiger partial charge >= 0.3 is 5.97 Å². The van der Waals surface area contributed by atoms with Crippen LogP contribution in [0.25, 0.3) is 0 Å². The Morgan fingerprint density at radius 2 is 2.25 bits per heavy atom. The first-order valence-electron chi connectivity index (χ1n) is 6.71. The molecular formula is C14H20N2O4. The number of aryl methyl sites for hydroxylation is 1. The molecule has 0 fully saturated rings. The second-order valence-electron chi connectivity index (χ2n) is 4.59. The van der Waals surface area contributed by atoms with Crippen molar-refractivity contribution in [2.75, 3.05) is 0 Å². The topological polar surface area (TPSA) is 88.4 Å². The lowest BCUT2D eigenvalue weighted by Gasteiger charge is -2.14. The van der Waals surface area contributed by atoms with Crippen molar-refractivity contribution >= 4 is 18.2 Å². The summed E-state index contributed by atoms with van der Waals surface area (Å²) in [6.07, 6.45) is 4.64. The summed E-state index contributed by atoms with van der Waals surface area (Å²) in [5.41, 5.74) is 0.499. The van der Waals surface area contributed by atoms with Gasteiger partial charge in [-0.15, -0.1) is 0 Å². The van der Waals surface area contributed by atoms with Crippen LogP contribution in [-0.4, -0.2) is 33.9 Å². The zero-order chi connectivity index (χ0) is 15.0. The minimum atomic E-state index is -1.01. The maximum Gasteiger partial charge on any atom is 0.326 e. The highest BCUT2D eigenvalue weighted by molar-refractivity contribution is 5.83. The van der Waals surface area contributed by atoms with E-state index in [9.17, 15) is 14.4 Å². The summed E-state index contributed by atoms with van der Waals surface area (Å²) in [6.45, 7) is 2.32. The van der Waals surface area contributed by atoms with Gasteiger partial charge in [-0.1, -0.05) is 19.8 Å². The van der Waals surface area contributed by atoms with Crippen molar-refractivity contribution in [2.45, 2.75) is 45.2 Å². The minimum absolute atomic E-state index is 0.144. The monoisotopic (exact) mass is 280 g/mol. The van der Waals surface area contributed by atoms with Crippen molar-refractivity contribution in [1.29, 1.82) is 0 Å². The van der Waals surface area contributed by atoms with Gasteiger partial charge in [-0.2, -0.15) is 0 Å². The van der Waals surface area contributed by atoms with Gasteiger partial charge in [0.2, 0.25) is 5.91 Å². The van der Waals surface area contributed by atoms with E-state index in [2.05, 4.69) is 5.32 Å². The second-order valence-corrected chi connectivity index (χ2v) is 4.59. The summed E-state index contributed by atoms with van der Waals surface area (Å²) < 4.78 is 1.66. The molecule has 20 heavy (non-hydrogen) atoms. The van der Waals surface area contributed by atoms with E-state index < -0.39 is 12.0 Å². The molecule has 0 spiro atoms. The lowest BCUT2D eigenvalue weighted by Crippen LogP contribution is -2.41. The molecule has 1 unspecified atom stereocenters. The number of aliphatic carboxylic acids is 1. The molecule has 1 aromatic heterocycles. The molecule has 0 aliphatic rings. The summed E-state index contributed by atoms with van der Waals surface area (Å²) in [5.74, 6) is -1.33. The Kier molecular flexibility index (Phi) is 6.49. The Bertz CT molecular complexity index is 467. The smallest absolute Gasteiger partial charge is 0.326 e. The molecule has 0 aliphatic heterocycles. The van der Waals surface area contributed by atoms with Crippen molar-refractivity contribution in [3.8, 4) is 0 Å². The van der Waals surface area contributed by atoms with Crippen LogP contribution in [0, 0.1) is 0 Å². The highest BCUT2D eigenvalue weighted by Gasteiger charge is 2.18. The SMILES string of the molecule is CCCCC(NC(=O)CCn1cccc1C=O)C(=O)O. The summed E-state index contributed by atoms with van der Waals surface area (Å²) in [7, 11) is 0. The molecule has 1 aromatic rings. The van der Waals surface area contributed by atoms with Gasteiger partial charge in [0.15, 0.2) is 6.29 Å². The first kappa shape index (κ1) is 15.9. The Balaban J connectivity index is 2.45. The van der Waals surface area contributed by atoms with Crippen LogP contribution < -0.4 is 5.32 Å². The van der Waals surface area contributed by atoms with Crippen molar-refractivity contribution in [3.63, 3.8) is 0 Å². The lowest BCUT2D eigenvalue weighted by molar-refractivity contribution is -0.142. The first-order chi connectivity index (χ1) is 9.58. The van der Waals surface area contributed by atoms with Gasteiger partial charge in [0.25, 0.3) is 0 Å². The fourth-order valence-corrected chi connectivity index (χ4v) is 1.89. The van der Waals surface area contributed by atoms with Crippen LogP contribution in [0.1, 0.15) is 43.1 Å². The number of carboxylic acids is 1. The number of carbonyl (C=O) groups is 3. The number of unbranched alkanes of at least 4 members (excludes halogenated alkanes) is 1. The van der Waals surface area contributed by atoms with Gasteiger partial charge in [0, 0.05) is 19.2 Å². The number of aromatic nitrogens is 1. The number of carbonyl (C=O) groups excluding carboxylic acids is 2. The van der Waals surface area contributed by atoms with E-state index in [-0.39, 0.29) is 12.3 Å². The Hall–Kier alpha value is -2.11. The van der Waals surface area contributed by atoms with E-state index in [0.29, 0.717) is 18.7 Å². The fraction of sp³-hybridized carbons (Fsp3) is 0.500. The van der Waals surface area contributed by atoms with Crippen molar-refractivity contribution in [2.24, 2.45) is 0 Å². The van der Waals surface area contributed by atoms with Crippen LogP contribution in [0.2, 0.25) is 0 Å². The molecule has 6 nitrogen and oxygen atoms in total. The average Bonchev–Trinajstić information content (AvgIpc) is 2.88. The molecule has 0 aromatic carbocycles. The Labute approximate surface area is 117 Å². The van der Waals surface area contributed by atoms with Crippen molar-refractivity contribution in [1.82, 2.24) is 9.88 Å². The van der Waals surface area contributed by atoms with Crippen LogP contribution in [0.15, 0.2) is 18.3 Å². The first-order valence-corrected chi connectivity index (χ1v) is 6.71. The number of amides is 1. The molecule has 0 saturated carbocycles. The van der Waals surface area contributed by atoms with E-state index in [0.717, 1.165) is 19.1 Å². The molecule has 1 heterocycles. The average molecular weight is 280 g/mol. The van der Waals surface area contributed by atoms with E-state index >= 15 is 0 Å². The van der Waals surface area contributed by atoms with E-state index in [4.69, 9.17) is 5.11 Å². The number of nitrogens with one attached hydrogen (secondary N) is 1. The quantitative estimate of drug-likeness (QED) is 0.670. The third-order valence-electron chi connectivity index (χ3n) is 3.04. The maximum atomic E-state index is 11.7. The standard InChI is InChI=1S/C14H20N2O4/c1-2-3-6-12(14(19)20)15-13(18)7-9-16-8-4-5-11(16)10-17/h4-5,8,10,12H,2-3,6-7,9H2,1H3,(H,15,18)(H,19,20). The third kappa shape index (κ3) is 4.87. The molecular weight excluding hydrogens is 260 g/mol. The molecule has 0 radical (unpaired) electrons. The van der Waals surface area contributed by atoms with Crippen molar-refractivity contribution in [3.05, 3.63) is 24.0 Å². The van der Waals surface area contributed by atoms with Gasteiger partial charge < -0.3 is 15.0 Å². The van der Waals surface area contributed by atoms with E-state index in [1.807, 2.05) is 6.92 Å². The predicted octanol–water partition coefficient (Wildman–Crippen LogP) is 1.45.